The van der Waals surface area contributed by atoms with Gasteiger partial charge in [-0.05, 0) is 41.8 Å². The number of furan rings is 1. The SMILES string of the molecule is Fc1ccc(C2=CCN(c3ncc(-c4cnccn4)c(-c4ccco4)n3)CC2)cc1. The highest BCUT2D eigenvalue weighted by molar-refractivity contribution is 5.76. The summed E-state index contributed by atoms with van der Waals surface area (Å²) in [5.74, 6) is 1.06. The Morgan fingerprint density at radius 1 is 1.00 bits per heavy atom. The highest BCUT2D eigenvalue weighted by Crippen LogP contribution is 2.31. The van der Waals surface area contributed by atoms with Crippen molar-refractivity contribution >= 4 is 11.5 Å². The molecule has 0 saturated carbocycles. The van der Waals surface area contributed by atoms with Crippen LogP contribution in [-0.4, -0.2) is 33.0 Å². The number of rotatable bonds is 4. The van der Waals surface area contributed by atoms with Crippen molar-refractivity contribution in [2.45, 2.75) is 6.42 Å². The smallest absolute Gasteiger partial charge is 0.226 e. The minimum atomic E-state index is -0.223. The van der Waals surface area contributed by atoms with Gasteiger partial charge in [-0.2, -0.15) is 0 Å². The minimum Gasteiger partial charge on any atom is -0.463 e. The van der Waals surface area contributed by atoms with Crippen LogP contribution in [0.4, 0.5) is 10.3 Å². The highest BCUT2D eigenvalue weighted by Gasteiger charge is 2.20. The Labute approximate surface area is 172 Å². The molecular weight excluding hydrogens is 381 g/mol. The fourth-order valence-corrected chi connectivity index (χ4v) is 3.53. The van der Waals surface area contributed by atoms with Crippen LogP contribution in [0.25, 0.3) is 28.3 Å². The van der Waals surface area contributed by atoms with Crippen molar-refractivity contribution in [3.8, 4) is 22.7 Å². The van der Waals surface area contributed by atoms with E-state index < -0.39 is 0 Å². The van der Waals surface area contributed by atoms with E-state index in [0.29, 0.717) is 29.6 Å². The average molecular weight is 399 g/mol. The van der Waals surface area contributed by atoms with E-state index in [9.17, 15) is 4.39 Å². The summed E-state index contributed by atoms with van der Waals surface area (Å²) in [6.45, 7) is 1.44. The third-order valence-corrected chi connectivity index (χ3v) is 5.08. The van der Waals surface area contributed by atoms with Gasteiger partial charge in [0.15, 0.2) is 5.76 Å². The van der Waals surface area contributed by atoms with Gasteiger partial charge >= 0.3 is 0 Å². The lowest BCUT2D eigenvalue weighted by Crippen LogP contribution is -2.30. The maximum atomic E-state index is 13.2. The number of hydrogen-bond donors (Lipinski definition) is 0. The van der Waals surface area contributed by atoms with E-state index in [0.717, 1.165) is 24.1 Å². The zero-order valence-electron chi connectivity index (χ0n) is 16.1. The summed E-state index contributed by atoms with van der Waals surface area (Å²) >= 11 is 0. The fourth-order valence-electron chi connectivity index (χ4n) is 3.53. The second-order valence-electron chi connectivity index (χ2n) is 6.93. The largest absolute Gasteiger partial charge is 0.463 e. The first-order chi connectivity index (χ1) is 14.8. The molecule has 4 heterocycles. The summed E-state index contributed by atoms with van der Waals surface area (Å²) in [6.07, 6.45) is 11.3. The molecule has 0 unspecified atom stereocenters. The number of benzene rings is 1. The molecular formula is C23H18FN5O. The van der Waals surface area contributed by atoms with Crippen LogP contribution in [0.5, 0.6) is 0 Å². The average Bonchev–Trinajstić information content (AvgIpc) is 3.35. The topological polar surface area (TPSA) is 67.9 Å². The molecule has 3 aromatic heterocycles. The summed E-state index contributed by atoms with van der Waals surface area (Å²) in [7, 11) is 0. The van der Waals surface area contributed by atoms with E-state index in [1.54, 1.807) is 31.1 Å². The first-order valence-corrected chi connectivity index (χ1v) is 9.65. The van der Waals surface area contributed by atoms with Crippen molar-refractivity contribution in [3.05, 3.63) is 84.9 Å². The predicted octanol–water partition coefficient (Wildman–Crippen LogP) is 4.63. The quantitative estimate of drug-likeness (QED) is 0.499. The van der Waals surface area contributed by atoms with Crippen molar-refractivity contribution in [3.63, 3.8) is 0 Å². The summed E-state index contributed by atoms with van der Waals surface area (Å²) in [5, 5.41) is 0. The van der Waals surface area contributed by atoms with Crippen molar-refractivity contribution in [2.24, 2.45) is 0 Å². The maximum Gasteiger partial charge on any atom is 0.226 e. The monoisotopic (exact) mass is 399 g/mol. The van der Waals surface area contributed by atoms with Crippen LogP contribution in [0.3, 0.4) is 0 Å². The highest BCUT2D eigenvalue weighted by atomic mass is 19.1. The van der Waals surface area contributed by atoms with Crippen LogP contribution in [0.1, 0.15) is 12.0 Å². The molecule has 6 nitrogen and oxygen atoms in total. The van der Waals surface area contributed by atoms with Gasteiger partial charge in [-0.3, -0.25) is 9.97 Å². The number of anilines is 1. The third-order valence-electron chi connectivity index (χ3n) is 5.08. The van der Waals surface area contributed by atoms with E-state index in [2.05, 4.69) is 25.9 Å². The lowest BCUT2D eigenvalue weighted by atomic mass is 10.00. The Kier molecular flexibility index (Phi) is 4.77. The van der Waals surface area contributed by atoms with Crippen molar-refractivity contribution in [2.75, 3.05) is 18.0 Å². The van der Waals surface area contributed by atoms with Gasteiger partial charge in [0.25, 0.3) is 0 Å². The number of halogens is 1. The molecule has 148 valence electrons. The van der Waals surface area contributed by atoms with E-state index in [-0.39, 0.29) is 5.82 Å². The molecule has 0 fully saturated rings. The number of hydrogen-bond acceptors (Lipinski definition) is 6. The molecule has 1 aromatic carbocycles. The zero-order chi connectivity index (χ0) is 20.3. The van der Waals surface area contributed by atoms with Crippen LogP contribution in [0.15, 0.2) is 77.9 Å². The van der Waals surface area contributed by atoms with Gasteiger partial charge in [0, 0.05) is 37.2 Å². The van der Waals surface area contributed by atoms with Crippen LogP contribution in [-0.2, 0) is 0 Å². The molecule has 0 amide bonds. The molecule has 0 atom stereocenters. The normalized spacial score (nSPS) is 13.9. The van der Waals surface area contributed by atoms with Crippen molar-refractivity contribution in [1.82, 2.24) is 19.9 Å². The second kappa shape index (κ2) is 7.87. The van der Waals surface area contributed by atoms with Gasteiger partial charge in [0.05, 0.1) is 18.2 Å². The van der Waals surface area contributed by atoms with Crippen LogP contribution in [0.2, 0.25) is 0 Å². The van der Waals surface area contributed by atoms with E-state index in [1.807, 2.05) is 24.3 Å². The molecule has 0 saturated heterocycles. The Hall–Kier alpha value is -3.87. The van der Waals surface area contributed by atoms with Crippen molar-refractivity contribution in [1.29, 1.82) is 0 Å². The van der Waals surface area contributed by atoms with Crippen molar-refractivity contribution < 1.29 is 8.81 Å². The van der Waals surface area contributed by atoms with Gasteiger partial charge < -0.3 is 9.32 Å². The summed E-state index contributed by atoms with van der Waals surface area (Å²) in [5.41, 5.74) is 4.38. The Bertz CT molecular complexity index is 1170. The molecule has 0 bridgehead atoms. The lowest BCUT2D eigenvalue weighted by molar-refractivity contribution is 0.580. The number of nitrogens with zero attached hydrogens (tertiary/aromatic N) is 5. The zero-order valence-corrected chi connectivity index (χ0v) is 16.1. The number of aromatic nitrogens is 4. The summed E-state index contributed by atoms with van der Waals surface area (Å²) < 4.78 is 18.8. The summed E-state index contributed by atoms with van der Waals surface area (Å²) in [6, 6.07) is 10.3. The van der Waals surface area contributed by atoms with Gasteiger partial charge in [0.1, 0.15) is 11.5 Å². The molecule has 0 radical (unpaired) electrons. The first-order valence-electron chi connectivity index (χ1n) is 9.65. The lowest BCUT2D eigenvalue weighted by Gasteiger charge is -2.27. The molecule has 0 spiro atoms. The second-order valence-corrected chi connectivity index (χ2v) is 6.93. The van der Waals surface area contributed by atoms with E-state index >= 15 is 0 Å². The summed E-state index contributed by atoms with van der Waals surface area (Å²) in [4.78, 5) is 20.0. The molecule has 30 heavy (non-hydrogen) atoms. The van der Waals surface area contributed by atoms with Crippen LogP contribution >= 0.6 is 0 Å². The van der Waals surface area contributed by atoms with Gasteiger partial charge in [-0.25, -0.2) is 14.4 Å². The molecule has 4 aromatic rings. The Balaban J connectivity index is 1.46. The molecule has 7 heteroatoms. The van der Waals surface area contributed by atoms with E-state index in [4.69, 9.17) is 9.40 Å². The van der Waals surface area contributed by atoms with Crippen LogP contribution in [0, 0.1) is 5.82 Å². The standard InChI is InChI=1S/C23H18FN5O/c24-18-5-3-16(4-6-18)17-7-11-29(12-8-17)23-27-14-19(20-15-25-9-10-26-20)22(28-23)21-2-1-13-30-21/h1-7,9-10,13-15H,8,11-12H2. The van der Waals surface area contributed by atoms with Gasteiger partial charge in [-0.15, -0.1) is 0 Å². The molecule has 5 rings (SSSR count). The third kappa shape index (κ3) is 3.57. The molecule has 0 N–H and O–H groups in total. The van der Waals surface area contributed by atoms with Crippen LogP contribution < -0.4 is 4.90 Å². The predicted molar refractivity (Wildman–Crippen MR) is 112 cm³/mol. The Morgan fingerprint density at radius 2 is 1.90 bits per heavy atom. The Morgan fingerprint density at radius 3 is 2.60 bits per heavy atom. The molecule has 0 aliphatic carbocycles. The van der Waals surface area contributed by atoms with Gasteiger partial charge in [-0.1, -0.05) is 18.2 Å². The maximum absolute atomic E-state index is 13.2. The minimum absolute atomic E-state index is 0.223. The molecule has 1 aliphatic heterocycles. The fraction of sp³-hybridized carbons (Fsp3) is 0.130. The van der Waals surface area contributed by atoms with E-state index in [1.165, 1.54) is 17.7 Å². The first kappa shape index (κ1) is 18.2. The molecule has 1 aliphatic rings. The van der Waals surface area contributed by atoms with Gasteiger partial charge in [0.2, 0.25) is 5.95 Å².